The number of carbonyl (C=O) groups excluding carboxylic acids is 1. The Balaban J connectivity index is 1.55. The standard InChI is InChI=1S/C18H13F2N3O2/c19-13-6-4-11(5-7-13)18-21-17(22-25-18)12-8-16(24)23(10-12)15-3-1-2-14(20)9-15/h1-7,9,12H,8,10H2. The van der Waals surface area contributed by atoms with Crippen LogP contribution < -0.4 is 4.90 Å². The first kappa shape index (κ1) is 15.4. The molecule has 1 atom stereocenters. The highest BCUT2D eigenvalue weighted by molar-refractivity contribution is 5.96. The van der Waals surface area contributed by atoms with Gasteiger partial charge in [-0.1, -0.05) is 11.2 Å². The molecular formula is C18H13F2N3O2. The van der Waals surface area contributed by atoms with Crippen molar-refractivity contribution in [2.24, 2.45) is 0 Å². The summed E-state index contributed by atoms with van der Waals surface area (Å²) >= 11 is 0. The predicted octanol–water partition coefficient (Wildman–Crippen LogP) is 3.54. The van der Waals surface area contributed by atoms with Crippen LogP contribution in [0.4, 0.5) is 14.5 Å². The van der Waals surface area contributed by atoms with Gasteiger partial charge in [0.15, 0.2) is 5.82 Å². The van der Waals surface area contributed by atoms with Crippen molar-refractivity contribution in [1.29, 1.82) is 0 Å². The molecule has 0 spiro atoms. The van der Waals surface area contributed by atoms with Crippen LogP contribution >= 0.6 is 0 Å². The molecule has 1 unspecified atom stereocenters. The fourth-order valence-corrected chi connectivity index (χ4v) is 2.88. The number of benzene rings is 2. The first-order chi connectivity index (χ1) is 12.1. The minimum Gasteiger partial charge on any atom is -0.334 e. The van der Waals surface area contributed by atoms with Crippen LogP contribution in [0, 0.1) is 11.6 Å². The first-order valence-electron chi connectivity index (χ1n) is 7.75. The number of carbonyl (C=O) groups is 1. The molecule has 1 aromatic heterocycles. The van der Waals surface area contributed by atoms with Gasteiger partial charge in [-0.3, -0.25) is 4.79 Å². The second kappa shape index (κ2) is 6.08. The summed E-state index contributed by atoms with van der Waals surface area (Å²) in [7, 11) is 0. The molecule has 4 rings (SSSR count). The lowest BCUT2D eigenvalue weighted by molar-refractivity contribution is -0.117. The zero-order chi connectivity index (χ0) is 17.4. The number of hydrogen-bond donors (Lipinski definition) is 0. The van der Waals surface area contributed by atoms with E-state index in [1.54, 1.807) is 24.3 Å². The third-order valence-corrected chi connectivity index (χ3v) is 4.14. The maximum atomic E-state index is 13.4. The molecule has 1 fully saturated rings. The number of halogens is 2. The normalized spacial score (nSPS) is 17.3. The van der Waals surface area contributed by atoms with E-state index in [0.29, 0.717) is 23.6 Å². The molecule has 1 aliphatic rings. The summed E-state index contributed by atoms with van der Waals surface area (Å²) in [6.45, 7) is 0.352. The number of amides is 1. The highest BCUT2D eigenvalue weighted by atomic mass is 19.1. The van der Waals surface area contributed by atoms with E-state index < -0.39 is 5.82 Å². The molecule has 2 heterocycles. The lowest BCUT2D eigenvalue weighted by atomic mass is 10.1. The monoisotopic (exact) mass is 341 g/mol. The fraction of sp³-hybridized carbons (Fsp3) is 0.167. The van der Waals surface area contributed by atoms with Crippen LogP contribution in [0.3, 0.4) is 0 Å². The molecular weight excluding hydrogens is 328 g/mol. The Morgan fingerprint density at radius 1 is 1.08 bits per heavy atom. The highest BCUT2D eigenvalue weighted by Gasteiger charge is 2.34. The van der Waals surface area contributed by atoms with Gasteiger partial charge in [-0.05, 0) is 42.5 Å². The van der Waals surface area contributed by atoms with Crippen LogP contribution in [-0.4, -0.2) is 22.6 Å². The maximum absolute atomic E-state index is 13.4. The van der Waals surface area contributed by atoms with Gasteiger partial charge in [-0.2, -0.15) is 4.98 Å². The van der Waals surface area contributed by atoms with Gasteiger partial charge in [0, 0.05) is 30.1 Å². The molecule has 5 nitrogen and oxygen atoms in total. The van der Waals surface area contributed by atoms with E-state index in [4.69, 9.17) is 4.52 Å². The van der Waals surface area contributed by atoms with Gasteiger partial charge in [0.1, 0.15) is 11.6 Å². The fourth-order valence-electron chi connectivity index (χ4n) is 2.88. The summed E-state index contributed by atoms with van der Waals surface area (Å²) in [5.41, 5.74) is 1.11. The number of anilines is 1. The summed E-state index contributed by atoms with van der Waals surface area (Å²) in [6.07, 6.45) is 0.221. The van der Waals surface area contributed by atoms with Gasteiger partial charge < -0.3 is 9.42 Å². The second-order valence-corrected chi connectivity index (χ2v) is 5.85. The van der Waals surface area contributed by atoms with E-state index in [1.807, 2.05) is 0 Å². The van der Waals surface area contributed by atoms with Gasteiger partial charge in [0.2, 0.25) is 5.91 Å². The van der Waals surface area contributed by atoms with E-state index in [2.05, 4.69) is 10.1 Å². The van der Waals surface area contributed by atoms with E-state index >= 15 is 0 Å². The van der Waals surface area contributed by atoms with Gasteiger partial charge >= 0.3 is 0 Å². The Hall–Kier alpha value is -3.09. The zero-order valence-electron chi connectivity index (χ0n) is 13.0. The van der Waals surface area contributed by atoms with Crippen LogP contribution in [-0.2, 0) is 4.79 Å². The Morgan fingerprint density at radius 3 is 2.64 bits per heavy atom. The average molecular weight is 341 g/mol. The first-order valence-corrected chi connectivity index (χ1v) is 7.75. The quantitative estimate of drug-likeness (QED) is 0.731. The molecule has 0 N–H and O–H groups in total. The van der Waals surface area contributed by atoms with Crippen LogP contribution in [0.1, 0.15) is 18.2 Å². The molecule has 0 saturated carbocycles. The lowest BCUT2D eigenvalue weighted by Gasteiger charge is -2.15. The van der Waals surface area contributed by atoms with Crippen molar-refractivity contribution in [3.63, 3.8) is 0 Å². The summed E-state index contributed by atoms with van der Waals surface area (Å²) in [5.74, 6) is -0.432. The topological polar surface area (TPSA) is 59.2 Å². The van der Waals surface area contributed by atoms with Crippen LogP contribution in [0.15, 0.2) is 53.1 Å². The van der Waals surface area contributed by atoms with Crippen molar-refractivity contribution in [1.82, 2.24) is 10.1 Å². The molecule has 7 heteroatoms. The molecule has 126 valence electrons. The summed E-state index contributed by atoms with van der Waals surface area (Å²) in [5, 5.41) is 3.94. The number of hydrogen-bond acceptors (Lipinski definition) is 4. The van der Waals surface area contributed by atoms with Crippen LogP contribution in [0.5, 0.6) is 0 Å². The Bertz CT molecular complexity index is 924. The van der Waals surface area contributed by atoms with Gasteiger partial charge in [-0.15, -0.1) is 0 Å². The molecule has 1 saturated heterocycles. The SMILES string of the molecule is O=C1CC(c2noc(-c3ccc(F)cc3)n2)CN1c1cccc(F)c1. The molecule has 0 aliphatic carbocycles. The minimum absolute atomic E-state index is 0.122. The van der Waals surface area contributed by atoms with Crippen molar-refractivity contribution in [3.05, 3.63) is 66.0 Å². The van der Waals surface area contributed by atoms with E-state index in [1.165, 1.54) is 29.2 Å². The van der Waals surface area contributed by atoms with Crippen molar-refractivity contribution in [2.45, 2.75) is 12.3 Å². The van der Waals surface area contributed by atoms with Crippen LogP contribution in [0.2, 0.25) is 0 Å². The molecule has 2 aromatic carbocycles. The lowest BCUT2D eigenvalue weighted by Crippen LogP contribution is -2.24. The molecule has 3 aromatic rings. The van der Waals surface area contributed by atoms with Gasteiger partial charge in [0.25, 0.3) is 5.89 Å². The number of rotatable bonds is 3. The van der Waals surface area contributed by atoms with Crippen molar-refractivity contribution >= 4 is 11.6 Å². The third-order valence-electron chi connectivity index (χ3n) is 4.14. The van der Waals surface area contributed by atoms with E-state index in [0.717, 1.165) is 0 Å². The van der Waals surface area contributed by atoms with Crippen molar-refractivity contribution in [3.8, 4) is 11.5 Å². The Morgan fingerprint density at radius 2 is 1.88 bits per heavy atom. The Kier molecular flexibility index (Phi) is 3.76. The van der Waals surface area contributed by atoms with Crippen LogP contribution in [0.25, 0.3) is 11.5 Å². The molecule has 25 heavy (non-hydrogen) atoms. The summed E-state index contributed by atoms with van der Waals surface area (Å²) in [4.78, 5) is 18.1. The second-order valence-electron chi connectivity index (χ2n) is 5.85. The molecule has 1 amide bonds. The third kappa shape index (κ3) is 3.00. The maximum Gasteiger partial charge on any atom is 0.257 e. The molecule has 0 radical (unpaired) electrons. The molecule has 0 bridgehead atoms. The minimum atomic E-state index is -0.396. The van der Waals surface area contributed by atoms with Crippen molar-refractivity contribution in [2.75, 3.05) is 11.4 Å². The summed E-state index contributed by atoms with van der Waals surface area (Å²) < 4.78 is 31.6. The smallest absolute Gasteiger partial charge is 0.257 e. The van der Waals surface area contributed by atoms with E-state index in [9.17, 15) is 13.6 Å². The predicted molar refractivity (Wildman–Crippen MR) is 85.8 cm³/mol. The average Bonchev–Trinajstić information content (AvgIpc) is 3.22. The number of nitrogens with zero attached hydrogens (tertiary/aromatic N) is 3. The van der Waals surface area contributed by atoms with Gasteiger partial charge in [-0.25, -0.2) is 8.78 Å². The Labute approximate surface area is 141 Å². The van der Waals surface area contributed by atoms with E-state index in [-0.39, 0.29) is 30.0 Å². The largest absolute Gasteiger partial charge is 0.334 e. The molecule has 1 aliphatic heterocycles. The van der Waals surface area contributed by atoms with Crippen molar-refractivity contribution < 1.29 is 18.1 Å². The zero-order valence-corrected chi connectivity index (χ0v) is 13.0. The summed E-state index contributed by atoms with van der Waals surface area (Å²) in [6, 6.07) is 11.6. The highest BCUT2D eigenvalue weighted by Crippen LogP contribution is 2.31. The van der Waals surface area contributed by atoms with Gasteiger partial charge in [0.05, 0.1) is 0 Å². The number of aromatic nitrogens is 2.